The number of benzene rings is 1. The highest BCUT2D eigenvalue weighted by atomic mass is 16.4. The van der Waals surface area contributed by atoms with Crippen LogP contribution < -0.4 is 5.32 Å². The van der Waals surface area contributed by atoms with Crippen LogP contribution >= 0.6 is 0 Å². The van der Waals surface area contributed by atoms with Gasteiger partial charge in [-0.2, -0.15) is 0 Å². The van der Waals surface area contributed by atoms with Gasteiger partial charge in [0.1, 0.15) is 11.8 Å². The molecule has 0 heterocycles. The van der Waals surface area contributed by atoms with Gasteiger partial charge >= 0.3 is 5.97 Å². The molecule has 5 heteroatoms. The molecule has 0 amide bonds. The molecule has 4 N–H and O–H groups in total. The van der Waals surface area contributed by atoms with Gasteiger partial charge in [0.25, 0.3) is 0 Å². The molecule has 3 unspecified atom stereocenters. The number of rotatable bonds is 5. The first-order chi connectivity index (χ1) is 9.56. The lowest BCUT2D eigenvalue weighted by molar-refractivity contribution is -0.140. The van der Waals surface area contributed by atoms with Crippen LogP contribution in [0.4, 0.5) is 0 Å². The largest absolute Gasteiger partial charge is 0.508 e. The van der Waals surface area contributed by atoms with E-state index in [1.807, 2.05) is 0 Å². The molecular weight excluding hydrogens is 258 g/mol. The Morgan fingerprint density at radius 1 is 1.25 bits per heavy atom. The number of phenols is 1. The van der Waals surface area contributed by atoms with Crippen LogP contribution in [0.5, 0.6) is 5.75 Å². The lowest BCUT2D eigenvalue weighted by Crippen LogP contribution is -2.50. The van der Waals surface area contributed by atoms with Crippen molar-refractivity contribution in [1.82, 2.24) is 5.32 Å². The van der Waals surface area contributed by atoms with E-state index in [1.165, 1.54) is 0 Å². The third kappa shape index (κ3) is 3.95. The molecule has 0 radical (unpaired) electrons. The fraction of sp³-hybridized carbons (Fsp3) is 0.533. The fourth-order valence-corrected chi connectivity index (χ4v) is 2.65. The minimum Gasteiger partial charge on any atom is -0.508 e. The Labute approximate surface area is 118 Å². The summed E-state index contributed by atoms with van der Waals surface area (Å²) >= 11 is 0. The van der Waals surface area contributed by atoms with Crippen LogP contribution in [0.2, 0.25) is 0 Å². The molecule has 0 spiro atoms. The van der Waals surface area contributed by atoms with Crippen LogP contribution in [0.25, 0.3) is 0 Å². The zero-order chi connectivity index (χ0) is 14.5. The molecule has 1 aliphatic carbocycles. The molecule has 0 bridgehead atoms. The normalized spacial score (nSPS) is 24.2. The Hall–Kier alpha value is -1.59. The van der Waals surface area contributed by atoms with Crippen molar-refractivity contribution in [2.24, 2.45) is 0 Å². The number of hydrogen-bond donors (Lipinski definition) is 4. The van der Waals surface area contributed by atoms with E-state index in [9.17, 15) is 20.1 Å². The number of aliphatic hydroxyl groups excluding tert-OH is 1. The molecule has 1 saturated carbocycles. The van der Waals surface area contributed by atoms with Crippen LogP contribution in [-0.2, 0) is 11.2 Å². The third-order valence-corrected chi connectivity index (χ3v) is 3.82. The molecule has 5 nitrogen and oxygen atoms in total. The number of aromatic hydroxyl groups is 1. The van der Waals surface area contributed by atoms with Gasteiger partial charge in [-0.05, 0) is 37.0 Å². The predicted molar refractivity (Wildman–Crippen MR) is 74.6 cm³/mol. The standard InChI is InChI=1S/C15H21NO4/c17-11-7-5-10(6-8-11)9-13(15(19)20)16-12-3-1-2-4-14(12)18/h5-8,12-14,16-18H,1-4,9H2,(H,19,20). The highest BCUT2D eigenvalue weighted by molar-refractivity contribution is 5.74. The fourth-order valence-electron chi connectivity index (χ4n) is 2.65. The van der Waals surface area contributed by atoms with Crippen LogP contribution in [0.3, 0.4) is 0 Å². The van der Waals surface area contributed by atoms with Gasteiger partial charge in [0.2, 0.25) is 0 Å². The predicted octanol–water partition coefficient (Wildman–Crippen LogP) is 1.28. The third-order valence-electron chi connectivity index (χ3n) is 3.82. The molecule has 110 valence electrons. The molecule has 1 aromatic carbocycles. The minimum atomic E-state index is -0.921. The van der Waals surface area contributed by atoms with Gasteiger partial charge in [0, 0.05) is 6.04 Å². The first-order valence-electron chi connectivity index (χ1n) is 7.01. The summed E-state index contributed by atoms with van der Waals surface area (Å²) in [4.78, 5) is 11.4. The maximum atomic E-state index is 11.4. The van der Waals surface area contributed by atoms with Gasteiger partial charge < -0.3 is 15.3 Å². The molecule has 1 fully saturated rings. The van der Waals surface area contributed by atoms with Crippen molar-refractivity contribution in [3.63, 3.8) is 0 Å². The molecule has 0 saturated heterocycles. The summed E-state index contributed by atoms with van der Waals surface area (Å²) < 4.78 is 0. The lowest BCUT2D eigenvalue weighted by atomic mass is 9.91. The van der Waals surface area contributed by atoms with Gasteiger partial charge in [-0.1, -0.05) is 25.0 Å². The van der Waals surface area contributed by atoms with E-state index in [4.69, 9.17) is 0 Å². The highest BCUT2D eigenvalue weighted by Gasteiger charge is 2.28. The van der Waals surface area contributed by atoms with Crippen LogP contribution in [0.15, 0.2) is 24.3 Å². The summed E-state index contributed by atoms with van der Waals surface area (Å²) in [5, 5.41) is 31.5. The van der Waals surface area contributed by atoms with E-state index in [2.05, 4.69) is 5.32 Å². The summed E-state index contributed by atoms with van der Waals surface area (Å²) in [6.07, 6.45) is 3.41. The summed E-state index contributed by atoms with van der Waals surface area (Å²) in [5.41, 5.74) is 0.841. The Morgan fingerprint density at radius 2 is 1.90 bits per heavy atom. The maximum absolute atomic E-state index is 11.4. The number of carboxylic acid groups (broad SMARTS) is 1. The monoisotopic (exact) mass is 279 g/mol. The van der Waals surface area contributed by atoms with Crippen molar-refractivity contribution in [3.05, 3.63) is 29.8 Å². The quantitative estimate of drug-likeness (QED) is 0.652. The average molecular weight is 279 g/mol. The summed E-state index contributed by atoms with van der Waals surface area (Å²) in [5.74, 6) is -0.757. The van der Waals surface area contributed by atoms with E-state index < -0.39 is 18.1 Å². The smallest absolute Gasteiger partial charge is 0.321 e. The SMILES string of the molecule is O=C(O)C(Cc1ccc(O)cc1)NC1CCCCC1O. The van der Waals surface area contributed by atoms with Crippen molar-refractivity contribution in [2.45, 2.75) is 50.3 Å². The second-order valence-electron chi connectivity index (χ2n) is 5.39. The zero-order valence-electron chi connectivity index (χ0n) is 11.3. The van der Waals surface area contributed by atoms with Crippen molar-refractivity contribution >= 4 is 5.97 Å². The lowest BCUT2D eigenvalue weighted by Gasteiger charge is -2.31. The highest BCUT2D eigenvalue weighted by Crippen LogP contribution is 2.19. The molecular formula is C15H21NO4. The van der Waals surface area contributed by atoms with E-state index in [-0.39, 0.29) is 11.8 Å². The molecule has 1 aliphatic rings. The number of aliphatic hydroxyl groups is 1. The molecule has 0 aliphatic heterocycles. The zero-order valence-corrected chi connectivity index (χ0v) is 11.3. The molecule has 1 aromatic rings. The van der Waals surface area contributed by atoms with Gasteiger partial charge in [0.15, 0.2) is 0 Å². The maximum Gasteiger partial charge on any atom is 0.321 e. The number of aliphatic carboxylic acids is 1. The molecule has 2 rings (SSSR count). The van der Waals surface area contributed by atoms with Crippen molar-refractivity contribution in [1.29, 1.82) is 0 Å². The molecule has 20 heavy (non-hydrogen) atoms. The number of carbonyl (C=O) groups is 1. The minimum absolute atomic E-state index is 0.151. The van der Waals surface area contributed by atoms with Crippen molar-refractivity contribution in [3.8, 4) is 5.75 Å². The number of hydrogen-bond acceptors (Lipinski definition) is 4. The van der Waals surface area contributed by atoms with Gasteiger partial charge in [-0.15, -0.1) is 0 Å². The number of phenolic OH excluding ortho intramolecular Hbond substituents is 1. The second-order valence-corrected chi connectivity index (χ2v) is 5.39. The summed E-state index contributed by atoms with van der Waals surface area (Å²) in [7, 11) is 0. The van der Waals surface area contributed by atoms with Crippen LogP contribution in [0.1, 0.15) is 31.2 Å². The molecule has 3 atom stereocenters. The number of nitrogens with one attached hydrogen (secondary N) is 1. The molecule has 0 aromatic heterocycles. The van der Waals surface area contributed by atoms with Crippen LogP contribution in [-0.4, -0.2) is 39.5 Å². The van der Waals surface area contributed by atoms with Gasteiger partial charge in [-0.3, -0.25) is 10.1 Å². The average Bonchev–Trinajstić information content (AvgIpc) is 2.42. The first-order valence-corrected chi connectivity index (χ1v) is 7.01. The first kappa shape index (κ1) is 14.8. The van der Waals surface area contributed by atoms with Gasteiger partial charge in [-0.25, -0.2) is 0 Å². The summed E-state index contributed by atoms with van der Waals surface area (Å²) in [6.45, 7) is 0. The van der Waals surface area contributed by atoms with E-state index in [1.54, 1.807) is 24.3 Å². The Balaban J connectivity index is 1.99. The van der Waals surface area contributed by atoms with Crippen molar-refractivity contribution < 1.29 is 20.1 Å². The topological polar surface area (TPSA) is 89.8 Å². The summed E-state index contributed by atoms with van der Waals surface area (Å²) in [6, 6.07) is 5.64. The van der Waals surface area contributed by atoms with Gasteiger partial charge in [0.05, 0.1) is 6.10 Å². The second kappa shape index (κ2) is 6.72. The Morgan fingerprint density at radius 3 is 2.50 bits per heavy atom. The Bertz CT molecular complexity index is 446. The van der Waals surface area contributed by atoms with E-state index in [0.29, 0.717) is 6.42 Å². The Kier molecular flexibility index (Phi) is 4.98. The van der Waals surface area contributed by atoms with E-state index in [0.717, 1.165) is 31.2 Å². The number of carboxylic acids is 1. The van der Waals surface area contributed by atoms with Crippen LogP contribution in [0, 0.1) is 0 Å². The van der Waals surface area contributed by atoms with E-state index >= 15 is 0 Å². The van der Waals surface area contributed by atoms with Crippen molar-refractivity contribution in [2.75, 3.05) is 0 Å².